The molecule has 3 heteroatoms. The number of para-hydroxylation sites is 1. The highest BCUT2D eigenvalue weighted by atomic mass is 16.5. The molecule has 19 heavy (non-hydrogen) atoms. The fourth-order valence-electron chi connectivity index (χ4n) is 3.13. The standard InChI is InChI=1S/C16H21NO2/c1-12-9-17(7-6-15(12)18)10-13-8-14-4-2-3-5-16(14)19-11-13/h2-5,12-13H,6-11H2,1H3. The van der Waals surface area contributed by atoms with E-state index in [0.29, 0.717) is 18.1 Å². The van der Waals surface area contributed by atoms with Crippen LogP contribution in [0.1, 0.15) is 18.9 Å². The number of carbonyl (C=O) groups is 1. The lowest BCUT2D eigenvalue weighted by Crippen LogP contribution is -2.43. The van der Waals surface area contributed by atoms with Crippen molar-refractivity contribution in [3.05, 3.63) is 29.8 Å². The average molecular weight is 259 g/mol. The third-order valence-corrected chi connectivity index (χ3v) is 4.23. The Kier molecular flexibility index (Phi) is 3.56. The number of piperidine rings is 1. The van der Waals surface area contributed by atoms with Crippen molar-refractivity contribution in [3.63, 3.8) is 0 Å². The molecule has 2 aliphatic rings. The molecule has 0 aliphatic carbocycles. The van der Waals surface area contributed by atoms with Gasteiger partial charge in [-0.15, -0.1) is 0 Å². The van der Waals surface area contributed by atoms with Gasteiger partial charge in [0.05, 0.1) is 6.61 Å². The average Bonchev–Trinajstić information content (AvgIpc) is 2.43. The summed E-state index contributed by atoms with van der Waals surface area (Å²) in [6.45, 7) is 5.72. The number of fused-ring (bicyclic) bond motifs is 1. The quantitative estimate of drug-likeness (QED) is 0.815. The van der Waals surface area contributed by atoms with E-state index in [2.05, 4.69) is 17.0 Å². The highest BCUT2D eigenvalue weighted by Gasteiger charge is 2.27. The second-order valence-corrected chi connectivity index (χ2v) is 5.87. The van der Waals surface area contributed by atoms with Crippen LogP contribution < -0.4 is 4.74 Å². The minimum atomic E-state index is 0.200. The summed E-state index contributed by atoms with van der Waals surface area (Å²) < 4.78 is 5.83. The van der Waals surface area contributed by atoms with Crippen LogP contribution in [0.2, 0.25) is 0 Å². The summed E-state index contributed by atoms with van der Waals surface area (Å²) in [6.07, 6.45) is 1.81. The van der Waals surface area contributed by atoms with E-state index in [1.807, 2.05) is 19.1 Å². The van der Waals surface area contributed by atoms with Gasteiger partial charge in [-0.3, -0.25) is 4.79 Å². The Morgan fingerprint density at radius 2 is 2.21 bits per heavy atom. The van der Waals surface area contributed by atoms with E-state index < -0.39 is 0 Å². The van der Waals surface area contributed by atoms with E-state index in [1.165, 1.54) is 5.56 Å². The molecular weight excluding hydrogens is 238 g/mol. The Morgan fingerprint density at radius 3 is 3.05 bits per heavy atom. The Hall–Kier alpha value is -1.35. The molecule has 102 valence electrons. The van der Waals surface area contributed by atoms with Gasteiger partial charge in [0.1, 0.15) is 11.5 Å². The number of rotatable bonds is 2. The lowest BCUT2D eigenvalue weighted by molar-refractivity contribution is -0.125. The lowest BCUT2D eigenvalue weighted by atomic mass is 9.93. The van der Waals surface area contributed by atoms with Gasteiger partial charge in [-0.2, -0.15) is 0 Å². The van der Waals surface area contributed by atoms with Gasteiger partial charge in [-0.25, -0.2) is 0 Å². The number of benzene rings is 1. The maximum Gasteiger partial charge on any atom is 0.138 e. The minimum absolute atomic E-state index is 0.200. The Balaban J connectivity index is 1.59. The van der Waals surface area contributed by atoms with Crippen molar-refractivity contribution in [2.45, 2.75) is 19.8 Å². The van der Waals surface area contributed by atoms with Crippen LogP contribution in [0.25, 0.3) is 0 Å². The minimum Gasteiger partial charge on any atom is -0.493 e. The predicted molar refractivity (Wildman–Crippen MR) is 74.4 cm³/mol. The van der Waals surface area contributed by atoms with Crippen molar-refractivity contribution in [1.29, 1.82) is 0 Å². The normalized spacial score (nSPS) is 27.7. The van der Waals surface area contributed by atoms with Crippen LogP contribution in [0.5, 0.6) is 5.75 Å². The zero-order valence-corrected chi connectivity index (χ0v) is 11.5. The summed E-state index contributed by atoms with van der Waals surface area (Å²) in [5.41, 5.74) is 1.32. The molecule has 0 N–H and O–H groups in total. The first kappa shape index (κ1) is 12.7. The maximum absolute atomic E-state index is 11.5. The summed E-state index contributed by atoms with van der Waals surface area (Å²) in [5, 5.41) is 0. The van der Waals surface area contributed by atoms with Crippen molar-refractivity contribution in [2.24, 2.45) is 11.8 Å². The van der Waals surface area contributed by atoms with Crippen molar-refractivity contribution >= 4 is 5.78 Å². The number of carbonyl (C=O) groups excluding carboxylic acids is 1. The summed E-state index contributed by atoms with van der Waals surface area (Å²) in [4.78, 5) is 14.0. The van der Waals surface area contributed by atoms with Gasteiger partial charge < -0.3 is 9.64 Å². The molecule has 1 saturated heterocycles. The number of hydrogen-bond acceptors (Lipinski definition) is 3. The lowest BCUT2D eigenvalue weighted by Gasteiger charge is -2.34. The van der Waals surface area contributed by atoms with E-state index >= 15 is 0 Å². The number of ketones is 1. The van der Waals surface area contributed by atoms with E-state index in [-0.39, 0.29) is 5.92 Å². The molecule has 0 bridgehead atoms. The number of nitrogens with zero attached hydrogens (tertiary/aromatic N) is 1. The van der Waals surface area contributed by atoms with Gasteiger partial charge in [-0.1, -0.05) is 25.1 Å². The van der Waals surface area contributed by atoms with Crippen LogP contribution >= 0.6 is 0 Å². The Labute approximate surface area is 114 Å². The molecule has 1 aromatic carbocycles. The zero-order chi connectivity index (χ0) is 13.2. The predicted octanol–water partition coefficient (Wildman–Crippen LogP) is 2.15. The number of hydrogen-bond donors (Lipinski definition) is 0. The van der Waals surface area contributed by atoms with Gasteiger partial charge >= 0.3 is 0 Å². The molecule has 2 unspecified atom stereocenters. The van der Waals surface area contributed by atoms with Gasteiger partial charge in [0.2, 0.25) is 0 Å². The van der Waals surface area contributed by atoms with Gasteiger partial charge in [0.15, 0.2) is 0 Å². The summed E-state index contributed by atoms with van der Waals surface area (Å²) >= 11 is 0. The van der Waals surface area contributed by atoms with E-state index in [4.69, 9.17) is 4.74 Å². The highest BCUT2D eigenvalue weighted by Crippen LogP contribution is 2.27. The van der Waals surface area contributed by atoms with Crippen LogP contribution in [-0.2, 0) is 11.2 Å². The highest BCUT2D eigenvalue weighted by molar-refractivity contribution is 5.81. The second-order valence-electron chi connectivity index (χ2n) is 5.87. The first-order chi connectivity index (χ1) is 9.22. The van der Waals surface area contributed by atoms with E-state index in [9.17, 15) is 4.79 Å². The first-order valence-electron chi connectivity index (χ1n) is 7.18. The molecule has 1 aromatic rings. The summed E-state index contributed by atoms with van der Waals surface area (Å²) in [7, 11) is 0. The molecule has 3 rings (SSSR count). The fourth-order valence-corrected chi connectivity index (χ4v) is 3.13. The second kappa shape index (κ2) is 5.33. The van der Waals surface area contributed by atoms with Crippen LogP contribution in [0, 0.1) is 11.8 Å². The SMILES string of the molecule is CC1CN(CC2COc3ccccc3C2)CCC1=O. The van der Waals surface area contributed by atoms with Crippen molar-refractivity contribution in [2.75, 3.05) is 26.2 Å². The summed E-state index contributed by atoms with van der Waals surface area (Å²) in [6, 6.07) is 8.31. The number of Topliss-reactive ketones (excluding diaryl/α,β-unsaturated/α-hetero) is 1. The van der Waals surface area contributed by atoms with Crippen LogP contribution in [0.4, 0.5) is 0 Å². The molecule has 0 aromatic heterocycles. The molecule has 2 heterocycles. The maximum atomic E-state index is 11.5. The third-order valence-electron chi connectivity index (χ3n) is 4.23. The van der Waals surface area contributed by atoms with E-state index in [1.54, 1.807) is 0 Å². The fraction of sp³-hybridized carbons (Fsp3) is 0.562. The monoisotopic (exact) mass is 259 g/mol. The van der Waals surface area contributed by atoms with Crippen LogP contribution in [-0.4, -0.2) is 36.9 Å². The van der Waals surface area contributed by atoms with Crippen molar-refractivity contribution in [3.8, 4) is 5.75 Å². The van der Waals surface area contributed by atoms with E-state index in [0.717, 1.165) is 38.4 Å². The smallest absolute Gasteiger partial charge is 0.138 e. The molecule has 0 amide bonds. The molecular formula is C16H21NO2. The van der Waals surface area contributed by atoms with Gasteiger partial charge in [-0.05, 0) is 18.1 Å². The molecule has 0 radical (unpaired) electrons. The Morgan fingerprint density at radius 1 is 1.37 bits per heavy atom. The Bertz CT molecular complexity index is 472. The third kappa shape index (κ3) is 2.81. The topological polar surface area (TPSA) is 29.5 Å². The zero-order valence-electron chi connectivity index (χ0n) is 11.5. The van der Waals surface area contributed by atoms with Gasteiger partial charge in [0.25, 0.3) is 0 Å². The number of ether oxygens (including phenoxy) is 1. The van der Waals surface area contributed by atoms with Crippen LogP contribution in [0.3, 0.4) is 0 Å². The van der Waals surface area contributed by atoms with Crippen molar-refractivity contribution < 1.29 is 9.53 Å². The molecule has 2 atom stereocenters. The largest absolute Gasteiger partial charge is 0.493 e. The van der Waals surface area contributed by atoms with Gasteiger partial charge in [0, 0.05) is 37.9 Å². The summed E-state index contributed by atoms with van der Waals surface area (Å²) in [5.74, 6) is 2.21. The molecule has 2 aliphatic heterocycles. The van der Waals surface area contributed by atoms with Crippen molar-refractivity contribution in [1.82, 2.24) is 4.90 Å². The number of likely N-dealkylation sites (tertiary alicyclic amines) is 1. The molecule has 1 fully saturated rings. The first-order valence-corrected chi connectivity index (χ1v) is 7.18. The molecule has 0 saturated carbocycles. The molecule has 3 nitrogen and oxygen atoms in total. The van der Waals surface area contributed by atoms with Crippen LogP contribution in [0.15, 0.2) is 24.3 Å². The molecule has 0 spiro atoms.